The maximum absolute atomic E-state index is 13.1. The number of pyridine rings is 1. The minimum absolute atomic E-state index is 0.156. The number of methoxy groups -OCH3 is 1. The third kappa shape index (κ3) is 3.32. The molecule has 0 atom stereocenters. The average Bonchev–Trinajstić information content (AvgIpc) is 2.20. The normalized spacial score (nSPS) is 9.36. The number of aromatic nitrogens is 1. The van der Waals surface area contributed by atoms with Crippen LogP contribution in [-0.4, -0.2) is 12.1 Å². The van der Waals surface area contributed by atoms with Crippen molar-refractivity contribution in [1.82, 2.24) is 4.98 Å². The van der Waals surface area contributed by atoms with Gasteiger partial charge in [0.2, 0.25) is 11.8 Å². The van der Waals surface area contributed by atoms with Crippen molar-refractivity contribution in [3.63, 3.8) is 0 Å². The van der Waals surface area contributed by atoms with Gasteiger partial charge in [-0.3, -0.25) is 0 Å². The number of ether oxygens (including phenoxy) is 1. The standard InChI is InChI=1S/C9H12FNO.C2H6/c1-6(2)7-4-5-8(12-3)11-9(7)10;1-2/h4-6H,1-3H3;1-2H3. The molecule has 0 spiro atoms. The first kappa shape index (κ1) is 12.9. The molecule has 0 aliphatic heterocycles. The van der Waals surface area contributed by atoms with Crippen molar-refractivity contribution in [3.8, 4) is 5.88 Å². The number of rotatable bonds is 2. The van der Waals surface area contributed by atoms with Gasteiger partial charge in [-0.25, -0.2) is 0 Å². The van der Waals surface area contributed by atoms with Crippen LogP contribution < -0.4 is 4.74 Å². The lowest BCUT2D eigenvalue weighted by Gasteiger charge is -2.06. The lowest BCUT2D eigenvalue weighted by molar-refractivity contribution is 0.385. The molecule has 0 saturated heterocycles. The number of hydrogen-bond donors (Lipinski definition) is 0. The highest BCUT2D eigenvalue weighted by Gasteiger charge is 2.08. The highest BCUT2D eigenvalue weighted by atomic mass is 19.1. The summed E-state index contributed by atoms with van der Waals surface area (Å²) in [6.45, 7) is 7.85. The lowest BCUT2D eigenvalue weighted by atomic mass is 10.1. The Kier molecular flexibility index (Phi) is 5.84. The molecule has 14 heavy (non-hydrogen) atoms. The van der Waals surface area contributed by atoms with Gasteiger partial charge >= 0.3 is 0 Å². The highest BCUT2D eigenvalue weighted by Crippen LogP contribution is 2.19. The SMILES string of the molecule is CC.COc1ccc(C(C)C)c(F)n1. The van der Waals surface area contributed by atoms with Crippen molar-refractivity contribution in [2.24, 2.45) is 0 Å². The highest BCUT2D eigenvalue weighted by molar-refractivity contribution is 5.21. The van der Waals surface area contributed by atoms with E-state index in [0.717, 1.165) is 0 Å². The van der Waals surface area contributed by atoms with Crippen LogP contribution >= 0.6 is 0 Å². The van der Waals surface area contributed by atoms with Crippen LogP contribution in [0.5, 0.6) is 5.88 Å². The van der Waals surface area contributed by atoms with Gasteiger partial charge < -0.3 is 4.74 Å². The van der Waals surface area contributed by atoms with Gasteiger partial charge in [-0.05, 0) is 12.0 Å². The second-order valence-corrected chi connectivity index (χ2v) is 2.89. The van der Waals surface area contributed by atoms with Crippen LogP contribution in [0, 0.1) is 5.95 Å². The molecular weight excluding hydrogens is 181 g/mol. The van der Waals surface area contributed by atoms with E-state index < -0.39 is 5.95 Å². The molecule has 0 unspecified atom stereocenters. The Morgan fingerprint density at radius 3 is 2.21 bits per heavy atom. The molecule has 0 aliphatic rings. The van der Waals surface area contributed by atoms with Crippen LogP contribution in [0.15, 0.2) is 12.1 Å². The van der Waals surface area contributed by atoms with Crippen molar-refractivity contribution < 1.29 is 9.13 Å². The van der Waals surface area contributed by atoms with Gasteiger partial charge in [0.15, 0.2) is 0 Å². The van der Waals surface area contributed by atoms with E-state index in [9.17, 15) is 4.39 Å². The quantitative estimate of drug-likeness (QED) is 0.681. The summed E-state index contributed by atoms with van der Waals surface area (Å²) in [5.74, 6) is 0.0321. The van der Waals surface area contributed by atoms with Crippen LogP contribution in [0.2, 0.25) is 0 Å². The van der Waals surface area contributed by atoms with Crippen LogP contribution in [0.4, 0.5) is 4.39 Å². The molecule has 0 bridgehead atoms. The third-order valence-corrected chi connectivity index (χ3v) is 1.68. The molecule has 1 aromatic rings. The van der Waals surface area contributed by atoms with E-state index in [0.29, 0.717) is 11.4 Å². The lowest BCUT2D eigenvalue weighted by Crippen LogP contribution is -1.97. The summed E-state index contributed by atoms with van der Waals surface area (Å²) in [6, 6.07) is 3.37. The predicted molar refractivity (Wildman–Crippen MR) is 56.2 cm³/mol. The van der Waals surface area contributed by atoms with E-state index in [1.165, 1.54) is 7.11 Å². The largest absolute Gasteiger partial charge is 0.481 e. The summed E-state index contributed by atoms with van der Waals surface area (Å²) < 4.78 is 17.9. The number of hydrogen-bond acceptors (Lipinski definition) is 2. The van der Waals surface area contributed by atoms with E-state index in [1.807, 2.05) is 27.7 Å². The monoisotopic (exact) mass is 199 g/mol. The van der Waals surface area contributed by atoms with Gasteiger partial charge in [-0.1, -0.05) is 27.7 Å². The Hall–Kier alpha value is -1.12. The van der Waals surface area contributed by atoms with E-state index >= 15 is 0 Å². The van der Waals surface area contributed by atoms with Gasteiger partial charge in [-0.15, -0.1) is 0 Å². The van der Waals surface area contributed by atoms with E-state index in [-0.39, 0.29) is 5.92 Å². The Morgan fingerprint density at radius 2 is 1.86 bits per heavy atom. The molecule has 0 aliphatic carbocycles. The Balaban J connectivity index is 0.000000791. The Bertz CT molecular complexity index is 274. The van der Waals surface area contributed by atoms with Crippen molar-refractivity contribution in [1.29, 1.82) is 0 Å². The summed E-state index contributed by atoms with van der Waals surface area (Å²) in [6.07, 6.45) is 0. The molecule has 0 saturated carbocycles. The van der Waals surface area contributed by atoms with Crippen molar-refractivity contribution in [2.75, 3.05) is 7.11 Å². The third-order valence-electron chi connectivity index (χ3n) is 1.68. The zero-order valence-electron chi connectivity index (χ0n) is 9.47. The predicted octanol–water partition coefficient (Wildman–Crippen LogP) is 3.38. The van der Waals surface area contributed by atoms with Gasteiger partial charge in [0.25, 0.3) is 0 Å². The molecule has 80 valence electrons. The fraction of sp³-hybridized carbons (Fsp3) is 0.545. The number of halogens is 1. The first-order valence-electron chi connectivity index (χ1n) is 4.85. The smallest absolute Gasteiger partial charge is 0.219 e. The summed E-state index contributed by atoms with van der Waals surface area (Å²) in [4.78, 5) is 3.62. The van der Waals surface area contributed by atoms with Gasteiger partial charge in [0.05, 0.1) is 7.11 Å². The van der Waals surface area contributed by atoms with Gasteiger partial charge in [0.1, 0.15) is 0 Å². The van der Waals surface area contributed by atoms with Crippen LogP contribution in [0.1, 0.15) is 39.2 Å². The minimum Gasteiger partial charge on any atom is -0.481 e. The van der Waals surface area contributed by atoms with Crippen LogP contribution in [-0.2, 0) is 0 Å². The summed E-state index contributed by atoms with van der Waals surface area (Å²) in [7, 11) is 1.47. The molecule has 0 radical (unpaired) electrons. The molecule has 1 rings (SSSR count). The molecule has 0 aromatic carbocycles. The topological polar surface area (TPSA) is 22.1 Å². The molecule has 0 amide bonds. The van der Waals surface area contributed by atoms with Crippen molar-refractivity contribution in [3.05, 3.63) is 23.6 Å². The first-order chi connectivity index (χ1) is 6.65. The fourth-order valence-corrected chi connectivity index (χ4v) is 0.973. The minimum atomic E-state index is -0.440. The van der Waals surface area contributed by atoms with E-state index in [1.54, 1.807) is 12.1 Å². The number of nitrogens with zero attached hydrogens (tertiary/aromatic N) is 1. The molecule has 0 N–H and O–H groups in total. The maximum Gasteiger partial charge on any atom is 0.219 e. The average molecular weight is 199 g/mol. The van der Waals surface area contributed by atoms with Gasteiger partial charge in [-0.2, -0.15) is 9.37 Å². The van der Waals surface area contributed by atoms with Gasteiger partial charge in [0, 0.05) is 11.6 Å². The summed E-state index contributed by atoms with van der Waals surface area (Å²) >= 11 is 0. The first-order valence-corrected chi connectivity index (χ1v) is 4.85. The second-order valence-electron chi connectivity index (χ2n) is 2.89. The zero-order valence-corrected chi connectivity index (χ0v) is 9.47. The molecule has 1 heterocycles. The van der Waals surface area contributed by atoms with Crippen LogP contribution in [0.25, 0.3) is 0 Å². The Morgan fingerprint density at radius 1 is 1.29 bits per heavy atom. The van der Waals surface area contributed by atoms with E-state index in [2.05, 4.69) is 4.98 Å². The van der Waals surface area contributed by atoms with Crippen molar-refractivity contribution in [2.45, 2.75) is 33.6 Å². The zero-order chi connectivity index (χ0) is 11.1. The van der Waals surface area contributed by atoms with Crippen molar-refractivity contribution >= 4 is 0 Å². The summed E-state index contributed by atoms with van der Waals surface area (Å²) in [5, 5.41) is 0. The van der Waals surface area contributed by atoms with E-state index in [4.69, 9.17) is 4.74 Å². The summed E-state index contributed by atoms with van der Waals surface area (Å²) in [5.41, 5.74) is 0.621. The molecule has 1 aromatic heterocycles. The molecule has 3 heteroatoms. The fourth-order valence-electron chi connectivity index (χ4n) is 0.973. The maximum atomic E-state index is 13.1. The Labute approximate surface area is 85.1 Å². The molecule has 0 fully saturated rings. The molecular formula is C11H18FNO. The van der Waals surface area contributed by atoms with Crippen LogP contribution in [0.3, 0.4) is 0 Å². The second kappa shape index (κ2) is 6.35. The molecule has 2 nitrogen and oxygen atoms in total.